The van der Waals surface area contributed by atoms with Crippen LogP contribution < -0.4 is 5.32 Å². The third kappa shape index (κ3) is 1.78. The maximum absolute atomic E-state index is 12.3. The molecule has 1 rings (SSSR count). The normalized spacial score (nSPS) is 23.9. The zero-order valence-electron chi connectivity index (χ0n) is 10.0. The molecule has 1 saturated heterocycles. The van der Waals surface area contributed by atoms with Crippen LogP contribution in [0.5, 0.6) is 0 Å². The molecule has 0 spiro atoms. The number of carbonyl (C=O) groups excluding carboxylic acids is 2. The fourth-order valence-electron chi connectivity index (χ4n) is 2.02. The molecule has 0 aromatic carbocycles. The molecule has 0 aromatic rings. The topological polar surface area (TPSA) is 49.4 Å². The number of piperazine rings is 1. The monoisotopic (exact) mass is 222 g/mol. The van der Waals surface area contributed by atoms with Crippen LogP contribution in [0.15, 0.2) is 0 Å². The molecule has 1 unspecified atom stereocenters. The number of hydrogen-bond donors (Lipinski definition) is 1. The van der Waals surface area contributed by atoms with E-state index in [-0.39, 0.29) is 18.4 Å². The van der Waals surface area contributed by atoms with Crippen molar-refractivity contribution in [3.8, 4) is 12.3 Å². The van der Waals surface area contributed by atoms with E-state index in [9.17, 15) is 9.59 Å². The SMILES string of the molecule is C#CCN1C(=O)C(CC)(CC)NC(=O)C1C. The van der Waals surface area contributed by atoms with Crippen LogP contribution in [0.1, 0.15) is 33.6 Å². The van der Waals surface area contributed by atoms with Crippen molar-refractivity contribution in [2.45, 2.75) is 45.2 Å². The van der Waals surface area contributed by atoms with Crippen molar-refractivity contribution in [1.29, 1.82) is 0 Å². The Hall–Kier alpha value is -1.50. The Morgan fingerprint density at radius 2 is 2.00 bits per heavy atom. The van der Waals surface area contributed by atoms with Gasteiger partial charge in [-0.3, -0.25) is 9.59 Å². The second-order valence-electron chi connectivity index (χ2n) is 4.09. The molecule has 2 amide bonds. The van der Waals surface area contributed by atoms with Crippen LogP contribution >= 0.6 is 0 Å². The zero-order chi connectivity index (χ0) is 12.3. The van der Waals surface area contributed by atoms with Crippen molar-refractivity contribution in [3.05, 3.63) is 0 Å². The van der Waals surface area contributed by atoms with Crippen molar-refractivity contribution in [2.24, 2.45) is 0 Å². The molecule has 1 fully saturated rings. The summed E-state index contributed by atoms with van der Waals surface area (Å²) in [4.78, 5) is 25.5. The predicted molar refractivity (Wildman–Crippen MR) is 61.5 cm³/mol. The van der Waals surface area contributed by atoms with E-state index in [2.05, 4.69) is 11.2 Å². The zero-order valence-corrected chi connectivity index (χ0v) is 10.0. The van der Waals surface area contributed by atoms with Gasteiger partial charge in [0.2, 0.25) is 11.8 Å². The summed E-state index contributed by atoms with van der Waals surface area (Å²) in [6.07, 6.45) is 6.40. The molecule has 0 bridgehead atoms. The van der Waals surface area contributed by atoms with Gasteiger partial charge < -0.3 is 10.2 Å². The highest BCUT2D eigenvalue weighted by Gasteiger charge is 2.46. The fourth-order valence-corrected chi connectivity index (χ4v) is 2.02. The van der Waals surface area contributed by atoms with Crippen LogP contribution in [-0.2, 0) is 9.59 Å². The fraction of sp³-hybridized carbons (Fsp3) is 0.667. The lowest BCUT2D eigenvalue weighted by Crippen LogP contribution is -2.69. The molecular weight excluding hydrogens is 204 g/mol. The van der Waals surface area contributed by atoms with Crippen LogP contribution in [0.2, 0.25) is 0 Å². The molecule has 1 aliphatic rings. The van der Waals surface area contributed by atoms with Crippen molar-refractivity contribution < 1.29 is 9.59 Å². The lowest BCUT2D eigenvalue weighted by Gasteiger charge is -2.43. The minimum Gasteiger partial charge on any atom is -0.340 e. The van der Waals surface area contributed by atoms with E-state index in [4.69, 9.17) is 6.42 Å². The summed E-state index contributed by atoms with van der Waals surface area (Å²) in [5.41, 5.74) is -0.763. The quantitative estimate of drug-likeness (QED) is 0.708. The Balaban J connectivity index is 3.06. The molecule has 0 saturated carbocycles. The maximum Gasteiger partial charge on any atom is 0.249 e. The van der Waals surface area contributed by atoms with E-state index in [1.165, 1.54) is 4.90 Å². The number of nitrogens with one attached hydrogen (secondary N) is 1. The van der Waals surface area contributed by atoms with E-state index in [0.29, 0.717) is 12.8 Å². The maximum atomic E-state index is 12.3. The largest absolute Gasteiger partial charge is 0.340 e. The Kier molecular flexibility index (Phi) is 3.58. The van der Waals surface area contributed by atoms with E-state index >= 15 is 0 Å². The number of carbonyl (C=O) groups is 2. The first-order valence-corrected chi connectivity index (χ1v) is 5.59. The van der Waals surface area contributed by atoms with Gasteiger partial charge in [0.15, 0.2) is 0 Å². The first kappa shape index (κ1) is 12.6. The van der Waals surface area contributed by atoms with Crippen LogP contribution in [0.3, 0.4) is 0 Å². The predicted octanol–water partition coefficient (Wildman–Crippen LogP) is 0.525. The van der Waals surface area contributed by atoms with Crippen LogP contribution in [-0.4, -0.2) is 34.8 Å². The van der Waals surface area contributed by atoms with Gasteiger partial charge in [0.1, 0.15) is 11.6 Å². The van der Waals surface area contributed by atoms with Crippen molar-refractivity contribution in [1.82, 2.24) is 10.2 Å². The van der Waals surface area contributed by atoms with Gasteiger partial charge in [0, 0.05) is 0 Å². The molecule has 88 valence electrons. The second-order valence-corrected chi connectivity index (χ2v) is 4.09. The number of amides is 2. The van der Waals surface area contributed by atoms with Crippen LogP contribution in [0, 0.1) is 12.3 Å². The summed E-state index contributed by atoms with van der Waals surface area (Å²) in [6.45, 7) is 5.67. The average Bonchev–Trinajstić information content (AvgIpc) is 2.29. The van der Waals surface area contributed by atoms with Crippen molar-refractivity contribution in [2.75, 3.05) is 6.54 Å². The smallest absolute Gasteiger partial charge is 0.249 e. The molecule has 16 heavy (non-hydrogen) atoms. The second kappa shape index (κ2) is 4.56. The molecule has 0 aromatic heterocycles. The standard InChI is InChI=1S/C12H18N2O2/c1-5-8-14-9(4)10(15)13-12(6-2,7-3)11(14)16/h1,9H,6-8H2,2-4H3,(H,13,15). The highest BCUT2D eigenvalue weighted by molar-refractivity contribution is 5.99. The Morgan fingerprint density at radius 3 is 2.44 bits per heavy atom. The van der Waals surface area contributed by atoms with E-state index in [1.54, 1.807) is 6.92 Å². The summed E-state index contributed by atoms with van der Waals surface area (Å²) in [7, 11) is 0. The summed E-state index contributed by atoms with van der Waals surface area (Å²) in [5, 5.41) is 2.82. The lowest BCUT2D eigenvalue weighted by atomic mass is 9.87. The van der Waals surface area contributed by atoms with Gasteiger partial charge in [-0.2, -0.15) is 0 Å². The van der Waals surface area contributed by atoms with Crippen LogP contribution in [0.4, 0.5) is 0 Å². The first-order chi connectivity index (χ1) is 7.52. The summed E-state index contributed by atoms with van der Waals surface area (Å²) >= 11 is 0. The molecule has 0 aliphatic carbocycles. The number of nitrogens with zero attached hydrogens (tertiary/aromatic N) is 1. The molecule has 1 aliphatic heterocycles. The molecular formula is C12H18N2O2. The average molecular weight is 222 g/mol. The minimum absolute atomic E-state index is 0.0671. The summed E-state index contributed by atoms with van der Waals surface area (Å²) < 4.78 is 0. The first-order valence-electron chi connectivity index (χ1n) is 5.59. The van der Waals surface area contributed by atoms with E-state index in [1.807, 2.05) is 13.8 Å². The lowest BCUT2D eigenvalue weighted by molar-refractivity contribution is -0.153. The third-order valence-electron chi connectivity index (χ3n) is 3.35. The Labute approximate surface area is 96.4 Å². The molecule has 1 atom stereocenters. The highest BCUT2D eigenvalue weighted by Crippen LogP contribution is 2.24. The van der Waals surface area contributed by atoms with Gasteiger partial charge >= 0.3 is 0 Å². The molecule has 0 radical (unpaired) electrons. The van der Waals surface area contributed by atoms with Crippen molar-refractivity contribution >= 4 is 11.8 Å². The molecule has 4 heteroatoms. The minimum atomic E-state index is -0.763. The number of terminal acetylenes is 1. The van der Waals surface area contributed by atoms with Crippen molar-refractivity contribution in [3.63, 3.8) is 0 Å². The third-order valence-corrected chi connectivity index (χ3v) is 3.35. The van der Waals surface area contributed by atoms with Gasteiger partial charge in [-0.1, -0.05) is 19.8 Å². The van der Waals surface area contributed by atoms with Gasteiger partial charge in [-0.25, -0.2) is 0 Å². The van der Waals surface area contributed by atoms with Crippen LogP contribution in [0.25, 0.3) is 0 Å². The number of rotatable bonds is 3. The molecule has 4 nitrogen and oxygen atoms in total. The molecule has 1 heterocycles. The molecule has 1 N–H and O–H groups in total. The van der Waals surface area contributed by atoms with E-state index < -0.39 is 11.6 Å². The Bertz CT molecular complexity index is 339. The number of hydrogen-bond acceptors (Lipinski definition) is 2. The Morgan fingerprint density at radius 1 is 1.44 bits per heavy atom. The van der Waals surface area contributed by atoms with E-state index in [0.717, 1.165) is 0 Å². The van der Waals surface area contributed by atoms with Gasteiger partial charge in [-0.15, -0.1) is 6.42 Å². The summed E-state index contributed by atoms with van der Waals surface area (Å²) in [5.74, 6) is 2.24. The van der Waals surface area contributed by atoms with Gasteiger partial charge in [0.25, 0.3) is 0 Å². The van der Waals surface area contributed by atoms with Gasteiger partial charge in [0.05, 0.1) is 6.54 Å². The highest BCUT2D eigenvalue weighted by atomic mass is 16.2. The summed E-state index contributed by atoms with van der Waals surface area (Å²) in [6, 6.07) is -0.477. The van der Waals surface area contributed by atoms with Gasteiger partial charge in [-0.05, 0) is 19.8 Å².